The molecule has 4 nitrogen and oxygen atoms in total. The fourth-order valence-corrected chi connectivity index (χ4v) is 2.39. The van der Waals surface area contributed by atoms with Crippen LogP contribution < -0.4 is 10.2 Å². The molecule has 0 bridgehead atoms. The normalized spacial score (nSPS) is 20.9. The minimum Gasteiger partial charge on any atom is -0.339 e. The molecule has 1 aliphatic rings. The number of nitrogens with zero attached hydrogens (tertiary/aromatic N) is 3. The number of hydrogen-bond acceptors (Lipinski definition) is 3. The fraction of sp³-hybridized carbons (Fsp3) is 0.769. The van der Waals surface area contributed by atoms with Crippen molar-refractivity contribution < 1.29 is 0 Å². The maximum absolute atomic E-state index is 4.68. The molecule has 1 saturated heterocycles. The minimum atomic E-state index is 0.556. The monoisotopic (exact) mass is 236 g/mol. The van der Waals surface area contributed by atoms with E-state index in [2.05, 4.69) is 46.7 Å². The van der Waals surface area contributed by atoms with E-state index in [1.807, 2.05) is 0 Å². The zero-order valence-electron chi connectivity index (χ0n) is 11.2. The van der Waals surface area contributed by atoms with Gasteiger partial charge < -0.3 is 14.8 Å². The lowest BCUT2D eigenvalue weighted by molar-refractivity contribution is 0.472. The van der Waals surface area contributed by atoms with Gasteiger partial charge >= 0.3 is 0 Å². The van der Waals surface area contributed by atoms with Crippen molar-refractivity contribution in [2.45, 2.75) is 46.2 Å². The van der Waals surface area contributed by atoms with Gasteiger partial charge in [0.05, 0.1) is 5.69 Å². The van der Waals surface area contributed by atoms with Crippen LogP contribution in [0, 0.1) is 6.92 Å². The number of hydrogen-bond donors (Lipinski definition) is 1. The largest absolute Gasteiger partial charge is 0.339 e. The van der Waals surface area contributed by atoms with Crippen molar-refractivity contribution in [3.8, 4) is 0 Å². The predicted molar refractivity (Wildman–Crippen MR) is 71.5 cm³/mol. The lowest BCUT2D eigenvalue weighted by atomic mass is 10.2. The van der Waals surface area contributed by atoms with Crippen molar-refractivity contribution in [3.05, 3.63) is 11.9 Å². The third-order valence-corrected chi connectivity index (χ3v) is 3.28. The van der Waals surface area contributed by atoms with Crippen molar-refractivity contribution in [2.75, 3.05) is 24.5 Å². The van der Waals surface area contributed by atoms with E-state index >= 15 is 0 Å². The molecule has 1 atom stereocenters. The number of nitrogens with one attached hydrogen (secondary N) is 1. The quantitative estimate of drug-likeness (QED) is 0.865. The van der Waals surface area contributed by atoms with Crippen LogP contribution in [0.4, 0.5) is 5.95 Å². The van der Waals surface area contributed by atoms with E-state index in [4.69, 9.17) is 0 Å². The van der Waals surface area contributed by atoms with Gasteiger partial charge in [0, 0.05) is 38.4 Å². The first-order valence-corrected chi connectivity index (χ1v) is 6.72. The number of rotatable bonds is 4. The van der Waals surface area contributed by atoms with Gasteiger partial charge in [-0.3, -0.25) is 0 Å². The molecule has 1 N–H and O–H groups in total. The molecule has 1 aromatic heterocycles. The Bertz CT molecular complexity index is 358. The van der Waals surface area contributed by atoms with E-state index in [1.165, 1.54) is 12.8 Å². The lowest BCUT2D eigenvalue weighted by Gasteiger charge is -2.32. The highest BCUT2D eigenvalue weighted by atomic mass is 15.3. The van der Waals surface area contributed by atoms with Crippen molar-refractivity contribution in [1.29, 1.82) is 0 Å². The SMILES string of the molecule is CCCCn1cc(C)nc1N1CCNC(C)C1. The second kappa shape index (κ2) is 5.54. The number of aryl methyl sites for hydroxylation is 2. The molecule has 0 saturated carbocycles. The molecular weight excluding hydrogens is 212 g/mol. The minimum absolute atomic E-state index is 0.556. The Labute approximate surface area is 104 Å². The first-order chi connectivity index (χ1) is 8.20. The molecule has 96 valence electrons. The van der Waals surface area contributed by atoms with E-state index in [1.54, 1.807) is 0 Å². The average molecular weight is 236 g/mol. The van der Waals surface area contributed by atoms with Gasteiger partial charge in [0.1, 0.15) is 0 Å². The molecular formula is C13H24N4. The van der Waals surface area contributed by atoms with Crippen molar-refractivity contribution >= 4 is 5.95 Å². The van der Waals surface area contributed by atoms with E-state index in [0.29, 0.717) is 6.04 Å². The van der Waals surface area contributed by atoms with Crippen LogP contribution in [0.1, 0.15) is 32.4 Å². The summed E-state index contributed by atoms with van der Waals surface area (Å²) in [4.78, 5) is 7.09. The van der Waals surface area contributed by atoms with Gasteiger partial charge in [0.2, 0.25) is 5.95 Å². The van der Waals surface area contributed by atoms with E-state index in [-0.39, 0.29) is 0 Å². The van der Waals surface area contributed by atoms with Crippen LogP contribution in [-0.4, -0.2) is 35.2 Å². The van der Waals surface area contributed by atoms with Crippen LogP contribution in [0.2, 0.25) is 0 Å². The van der Waals surface area contributed by atoms with Gasteiger partial charge in [-0.05, 0) is 20.3 Å². The van der Waals surface area contributed by atoms with Gasteiger partial charge in [-0.15, -0.1) is 0 Å². The molecule has 0 radical (unpaired) electrons. The zero-order valence-corrected chi connectivity index (χ0v) is 11.2. The number of unbranched alkanes of at least 4 members (excludes halogenated alkanes) is 1. The Morgan fingerprint density at radius 2 is 2.35 bits per heavy atom. The Morgan fingerprint density at radius 1 is 1.53 bits per heavy atom. The second-order valence-corrected chi connectivity index (χ2v) is 5.03. The molecule has 0 spiro atoms. The smallest absolute Gasteiger partial charge is 0.205 e. The summed E-state index contributed by atoms with van der Waals surface area (Å²) in [5, 5.41) is 3.47. The summed E-state index contributed by atoms with van der Waals surface area (Å²) in [7, 11) is 0. The predicted octanol–water partition coefficient (Wildman–Crippen LogP) is 1.79. The van der Waals surface area contributed by atoms with Crippen LogP contribution in [0.5, 0.6) is 0 Å². The summed E-state index contributed by atoms with van der Waals surface area (Å²) in [5.41, 5.74) is 1.13. The van der Waals surface area contributed by atoms with E-state index in [9.17, 15) is 0 Å². The molecule has 1 fully saturated rings. The first-order valence-electron chi connectivity index (χ1n) is 6.72. The van der Waals surface area contributed by atoms with Crippen LogP contribution >= 0.6 is 0 Å². The van der Waals surface area contributed by atoms with Crippen LogP contribution in [0.25, 0.3) is 0 Å². The van der Waals surface area contributed by atoms with Crippen LogP contribution in [-0.2, 0) is 6.54 Å². The summed E-state index contributed by atoms with van der Waals surface area (Å²) in [6, 6.07) is 0.556. The van der Waals surface area contributed by atoms with Gasteiger partial charge in [0.25, 0.3) is 0 Å². The standard InChI is InChI=1S/C13H24N4/c1-4-5-7-16-10-12(3)15-13(16)17-8-6-14-11(2)9-17/h10-11,14H,4-9H2,1-3H3. The lowest BCUT2D eigenvalue weighted by Crippen LogP contribution is -2.50. The molecule has 0 amide bonds. The number of aromatic nitrogens is 2. The van der Waals surface area contributed by atoms with Gasteiger partial charge in [0.15, 0.2) is 0 Å². The fourth-order valence-electron chi connectivity index (χ4n) is 2.39. The second-order valence-electron chi connectivity index (χ2n) is 5.03. The highest BCUT2D eigenvalue weighted by Crippen LogP contribution is 2.17. The Balaban J connectivity index is 2.12. The van der Waals surface area contributed by atoms with Gasteiger partial charge in [-0.2, -0.15) is 0 Å². The summed E-state index contributed by atoms with van der Waals surface area (Å²) in [5.74, 6) is 1.16. The molecule has 2 rings (SSSR count). The molecule has 1 unspecified atom stereocenters. The molecule has 0 aromatic carbocycles. The number of imidazole rings is 1. The molecule has 0 aliphatic carbocycles. The zero-order chi connectivity index (χ0) is 12.3. The first kappa shape index (κ1) is 12.4. The summed E-state index contributed by atoms with van der Waals surface area (Å²) in [6.07, 6.45) is 4.64. The summed E-state index contributed by atoms with van der Waals surface area (Å²) >= 11 is 0. The summed E-state index contributed by atoms with van der Waals surface area (Å²) < 4.78 is 2.32. The molecule has 2 heterocycles. The van der Waals surface area contributed by atoms with Gasteiger partial charge in [-0.1, -0.05) is 13.3 Å². The van der Waals surface area contributed by atoms with Gasteiger partial charge in [-0.25, -0.2) is 4.98 Å². The maximum atomic E-state index is 4.68. The molecule has 17 heavy (non-hydrogen) atoms. The number of piperazine rings is 1. The highest BCUT2D eigenvalue weighted by Gasteiger charge is 2.20. The van der Waals surface area contributed by atoms with Crippen molar-refractivity contribution in [3.63, 3.8) is 0 Å². The molecule has 1 aromatic rings. The Hall–Kier alpha value is -1.03. The average Bonchev–Trinajstić information content (AvgIpc) is 2.68. The van der Waals surface area contributed by atoms with Crippen LogP contribution in [0.3, 0.4) is 0 Å². The van der Waals surface area contributed by atoms with E-state index in [0.717, 1.165) is 37.8 Å². The third kappa shape index (κ3) is 3.00. The van der Waals surface area contributed by atoms with E-state index < -0.39 is 0 Å². The van der Waals surface area contributed by atoms with Crippen LogP contribution in [0.15, 0.2) is 6.20 Å². The van der Waals surface area contributed by atoms with Crippen molar-refractivity contribution in [1.82, 2.24) is 14.9 Å². The molecule has 4 heteroatoms. The van der Waals surface area contributed by atoms with Crippen molar-refractivity contribution in [2.24, 2.45) is 0 Å². The Kier molecular flexibility index (Phi) is 4.05. The maximum Gasteiger partial charge on any atom is 0.205 e. The molecule has 1 aliphatic heterocycles. The topological polar surface area (TPSA) is 33.1 Å². The third-order valence-electron chi connectivity index (χ3n) is 3.28. The number of anilines is 1. The summed E-state index contributed by atoms with van der Waals surface area (Å²) in [6.45, 7) is 10.8. The Morgan fingerprint density at radius 3 is 3.06 bits per heavy atom. The highest BCUT2D eigenvalue weighted by molar-refractivity contribution is 5.34.